The average Bonchev–Trinajstić information content (AvgIpc) is 2.66. The molecule has 0 radical (unpaired) electrons. The molecule has 1 saturated heterocycles. The number of nitrogens with zero attached hydrogens (tertiary/aromatic N) is 2. The molecule has 0 spiro atoms. The monoisotopic (exact) mass is 304 g/mol. The first-order chi connectivity index (χ1) is 7.65. The Morgan fingerprint density at radius 2 is 2.50 bits per heavy atom. The average molecular weight is 306 g/mol. The van der Waals surface area contributed by atoms with Crippen molar-refractivity contribution in [3.63, 3.8) is 0 Å². The van der Waals surface area contributed by atoms with Crippen molar-refractivity contribution < 1.29 is 4.79 Å². The van der Waals surface area contributed by atoms with Gasteiger partial charge in [-0.2, -0.15) is 4.98 Å². The molecule has 1 aromatic rings. The second-order valence-electron chi connectivity index (χ2n) is 3.52. The molecule has 1 aromatic heterocycles. The van der Waals surface area contributed by atoms with E-state index in [2.05, 4.69) is 36.5 Å². The van der Waals surface area contributed by atoms with Gasteiger partial charge in [0.2, 0.25) is 11.2 Å². The molecule has 1 atom stereocenters. The van der Waals surface area contributed by atoms with Crippen LogP contribution in [-0.4, -0.2) is 28.5 Å². The Morgan fingerprint density at radius 1 is 1.69 bits per heavy atom. The number of anilines is 1. The normalized spacial score (nSPS) is 19.6. The van der Waals surface area contributed by atoms with Gasteiger partial charge < -0.3 is 10.6 Å². The van der Waals surface area contributed by atoms with Crippen LogP contribution in [0.4, 0.5) is 5.82 Å². The third-order valence-electron chi connectivity index (χ3n) is 2.32. The lowest BCUT2D eigenvalue weighted by molar-refractivity contribution is -0.119. The predicted octanol–water partition coefficient (Wildman–Crippen LogP) is 1.58. The number of amides is 1. The fraction of sp³-hybridized carbons (Fsp3) is 0.444. The van der Waals surface area contributed by atoms with Gasteiger partial charge >= 0.3 is 0 Å². The van der Waals surface area contributed by atoms with Crippen LogP contribution in [-0.2, 0) is 4.79 Å². The van der Waals surface area contributed by atoms with Gasteiger partial charge in [-0.1, -0.05) is 0 Å². The van der Waals surface area contributed by atoms with Gasteiger partial charge in [0.25, 0.3) is 0 Å². The van der Waals surface area contributed by atoms with Gasteiger partial charge in [0, 0.05) is 25.2 Å². The fourth-order valence-corrected chi connectivity index (χ4v) is 1.98. The number of carbonyl (C=O) groups is 1. The van der Waals surface area contributed by atoms with Crippen LogP contribution < -0.4 is 10.6 Å². The Bertz CT molecular complexity index is 414. The Labute approximate surface area is 106 Å². The van der Waals surface area contributed by atoms with Gasteiger partial charge in [-0.3, -0.25) is 4.79 Å². The van der Waals surface area contributed by atoms with E-state index in [9.17, 15) is 4.79 Å². The highest BCUT2D eigenvalue weighted by Gasteiger charge is 2.20. The molecule has 2 N–H and O–H groups in total. The lowest BCUT2D eigenvalue weighted by Gasteiger charge is -2.12. The Balaban J connectivity index is 1.94. The molecule has 0 aromatic carbocycles. The second-order valence-corrected chi connectivity index (χ2v) is 4.71. The maximum Gasteiger partial charge on any atom is 0.224 e. The molecule has 0 bridgehead atoms. The molecule has 2 heterocycles. The van der Waals surface area contributed by atoms with Crippen LogP contribution in [0, 0.1) is 0 Å². The minimum Gasteiger partial charge on any atom is -0.367 e. The minimum absolute atomic E-state index is 0.103. The molecule has 0 aliphatic carbocycles. The Morgan fingerprint density at radius 3 is 3.19 bits per heavy atom. The zero-order valence-electron chi connectivity index (χ0n) is 8.33. The molecule has 86 valence electrons. The lowest BCUT2D eigenvalue weighted by atomic mass is 10.2. The summed E-state index contributed by atoms with van der Waals surface area (Å²) in [6.07, 6.45) is 3.03. The van der Waals surface area contributed by atoms with E-state index in [1.807, 2.05) is 0 Å². The van der Waals surface area contributed by atoms with Crippen molar-refractivity contribution in [1.29, 1.82) is 0 Å². The number of aromatic nitrogens is 2. The first kappa shape index (κ1) is 11.6. The van der Waals surface area contributed by atoms with Crippen molar-refractivity contribution in [1.82, 2.24) is 15.3 Å². The summed E-state index contributed by atoms with van der Waals surface area (Å²) in [5, 5.41) is 6.18. The third kappa shape index (κ3) is 2.82. The highest BCUT2D eigenvalue weighted by molar-refractivity contribution is 9.10. The lowest BCUT2D eigenvalue weighted by Crippen LogP contribution is -2.32. The molecule has 1 amide bonds. The zero-order valence-corrected chi connectivity index (χ0v) is 10.7. The molecule has 1 fully saturated rings. The standard InChI is InChI=1S/C9H10BrClN4O/c10-6-4-13-9(11)15-8(6)12-3-5-1-2-7(16)14-5/h4-5H,1-3H2,(H,14,16)(H,12,13,15). The second kappa shape index (κ2) is 4.97. The van der Waals surface area contributed by atoms with Gasteiger partial charge in [-0.15, -0.1) is 0 Å². The van der Waals surface area contributed by atoms with Crippen LogP contribution in [0.3, 0.4) is 0 Å². The van der Waals surface area contributed by atoms with E-state index in [1.54, 1.807) is 6.20 Å². The number of carbonyl (C=O) groups excluding carboxylic acids is 1. The van der Waals surface area contributed by atoms with Gasteiger partial charge in [0.05, 0.1) is 4.47 Å². The molecule has 16 heavy (non-hydrogen) atoms. The highest BCUT2D eigenvalue weighted by atomic mass is 79.9. The number of halogens is 2. The summed E-state index contributed by atoms with van der Waals surface area (Å²) in [6.45, 7) is 0.637. The van der Waals surface area contributed by atoms with E-state index in [1.165, 1.54) is 0 Å². The summed E-state index contributed by atoms with van der Waals surface area (Å²) in [5.41, 5.74) is 0. The van der Waals surface area contributed by atoms with E-state index < -0.39 is 0 Å². The van der Waals surface area contributed by atoms with Crippen molar-refractivity contribution in [2.45, 2.75) is 18.9 Å². The minimum atomic E-state index is 0.103. The van der Waals surface area contributed by atoms with E-state index in [0.717, 1.165) is 10.9 Å². The van der Waals surface area contributed by atoms with Gasteiger partial charge in [0.1, 0.15) is 5.82 Å². The Kier molecular flexibility index (Phi) is 3.60. The summed E-state index contributed by atoms with van der Waals surface area (Å²) in [5.74, 6) is 0.743. The van der Waals surface area contributed by atoms with E-state index >= 15 is 0 Å². The molecular formula is C9H10BrClN4O. The van der Waals surface area contributed by atoms with E-state index in [0.29, 0.717) is 18.8 Å². The van der Waals surface area contributed by atoms with Gasteiger partial charge in [-0.25, -0.2) is 4.98 Å². The first-order valence-electron chi connectivity index (χ1n) is 4.86. The number of hydrogen-bond acceptors (Lipinski definition) is 4. The summed E-state index contributed by atoms with van der Waals surface area (Å²) in [4.78, 5) is 18.9. The fourth-order valence-electron chi connectivity index (χ4n) is 1.52. The van der Waals surface area contributed by atoms with E-state index in [4.69, 9.17) is 11.6 Å². The van der Waals surface area contributed by atoms with Crippen LogP contribution >= 0.6 is 27.5 Å². The molecular weight excluding hydrogens is 295 g/mol. The van der Waals surface area contributed by atoms with Crippen LogP contribution in [0.2, 0.25) is 5.28 Å². The molecule has 1 aliphatic heterocycles. The van der Waals surface area contributed by atoms with Crippen LogP contribution in [0.25, 0.3) is 0 Å². The summed E-state index contributed by atoms with van der Waals surface area (Å²) >= 11 is 9.00. The zero-order chi connectivity index (χ0) is 11.5. The SMILES string of the molecule is O=C1CCC(CNc2nc(Cl)ncc2Br)N1. The smallest absolute Gasteiger partial charge is 0.224 e. The quantitative estimate of drug-likeness (QED) is 0.832. The van der Waals surface area contributed by atoms with Crippen LogP contribution in [0.5, 0.6) is 0 Å². The summed E-state index contributed by atoms with van der Waals surface area (Å²) < 4.78 is 0.751. The van der Waals surface area contributed by atoms with Crippen molar-refractivity contribution in [3.8, 4) is 0 Å². The largest absolute Gasteiger partial charge is 0.367 e. The third-order valence-corrected chi connectivity index (χ3v) is 3.08. The molecule has 5 nitrogen and oxygen atoms in total. The Hall–Kier alpha value is -0.880. The van der Waals surface area contributed by atoms with Crippen molar-refractivity contribution in [2.24, 2.45) is 0 Å². The molecule has 1 unspecified atom stereocenters. The number of hydrogen-bond donors (Lipinski definition) is 2. The molecule has 7 heteroatoms. The highest BCUT2D eigenvalue weighted by Crippen LogP contribution is 2.20. The number of nitrogens with one attached hydrogen (secondary N) is 2. The predicted molar refractivity (Wildman–Crippen MR) is 64.4 cm³/mol. The van der Waals surface area contributed by atoms with Crippen molar-refractivity contribution in [2.75, 3.05) is 11.9 Å². The molecule has 0 saturated carbocycles. The van der Waals surface area contributed by atoms with E-state index in [-0.39, 0.29) is 17.2 Å². The van der Waals surface area contributed by atoms with Crippen molar-refractivity contribution in [3.05, 3.63) is 16.0 Å². The molecule has 2 rings (SSSR count). The summed E-state index contributed by atoms with van der Waals surface area (Å²) in [6, 6.07) is 0.160. The maximum absolute atomic E-state index is 11.0. The van der Waals surface area contributed by atoms with Gasteiger partial charge in [0.15, 0.2) is 0 Å². The molecule has 1 aliphatic rings. The van der Waals surface area contributed by atoms with Gasteiger partial charge in [-0.05, 0) is 34.0 Å². The van der Waals surface area contributed by atoms with Crippen LogP contribution in [0.15, 0.2) is 10.7 Å². The van der Waals surface area contributed by atoms with Crippen LogP contribution in [0.1, 0.15) is 12.8 Å². The first-order valence-corrected chi connectivity index (χ1v) is 6.03. The van der Waals surface area contributed by atoms with Crippen molar-refractivity contribution >= 4 is 39.3 Å². The number of rotatable bonds is 3. The maximum atomic E-state index is 11.0. The topological polar surface area (TPSA) is 66.9 Å². The summed E-state index contributed by atoms with van der Waals surface area (Å²) in [7, 11) is 0.